The summed E-state index contributed by atoms with van der Waals surface area (Å²) < 4.78 is 7.00. The van der Waals surface area contributed by atoms with Crippen LogP contribution in [0.2, 0.25) is 0 Å². The molecule has 6 heteroatoms. The fraction of sp³-hybridized carbons (Fsp3) is 0.267. The third-order valence-electron chi connectivity index (χ3n) is 3.10. The first-order valence-electron chi connectivity index (χ1n) is 6.72. The summed E-state index contributed by atoms with van der Waals surface area (Å²) in [7, 11) is 1.69. The first kappa shape index (κ1) is 13.9. The lowest BCUT2D eigenvalue weighted by atomic mass is 10.2. The summed E-state index contributed by atoms with van der Waals surface area (Å²) in [6.45, 7) is 0.623. The van der Waals surface area contributed by atoms with Crippen molar-refractivity contribution >= 4 is 11.3 Å². The van der Waals surface area contributed by atoms with E-state index in [1.807, 2.05) is 16.8 Å². The lowest BCUT2D eigenvalue weighted by Gasteiger charge is -2.04. The van der Waals surface area contributed by atoms with Gasteiger partial charge in [0, 0.05) is 32.3 Å². The van der Waals surface area contributed by atoms with Crippen LogP contribution in [0.15, 0.2) is 41.4 Å². The number of pyridine rings is 1. The van der Waals surface area contributed by atoms with E-state index < -0.39 is 0 Å². The molecule has 0 saturated carbocycles. The minimum atomic E-state index is 0.623. The molecular weight excluding hydrogens is 284 g/mol. The Morgan fingerprint density at radius 3 is 2.81 bits per heavy atom. The van der Waals surface area contributed by atoms with Gasteiger partial charge >= 0.3 is 0 Å². The number of ether oxygens (including phenoxy) is 1. The van der Waals surface area contributed by atoms with E-state index in [9.17, 15) is 0 Å². The van der Waals surface area contributed by atoms with Gasteiger partial charge in [0.05, 0.1) is 12.3 Å². The Kier molecular flexibility index (Phi) is 4.37. The van der Waals surface area contributed by atoms with Crippen LogP contribution in [0, 0.1) is 0 Å². The van der Waals surface area contributed by atoms with Crippen molar-refractivity contribution in [3.63, 3.8) is 0 Å². The molecule has 3 rings (SSSR count). The highest BCUT2D eigenvalue weighted by Gasteiger charge is 2.12. The van der Waals surface area contributed by atoms with Gasteiger partial charge in [-0.15, -0.1) is 0 Å². The average molecular weight is 300 g/mol. The monoisotopic (exact) mass is 300 g/mol. The minimum absolute atomic E-state index is 0.623. The fourth-order valence-corrected chi connectivity index (χ4v) is 2.74. The van der Waals surface area contributed by atoms with Crippen molar-refractivity contribution in [1.82, 2.24) is 19.7 Å². The van der Waals surface area contributed by atoms with E-state index >= 15 is 0 Å². The van der Waals surface area contributed by atoms with Crippen molar-refractivity contribution in [1.29, 1.82) is 0 Å². The van der Waals surface area contributed by atoms with Crippen molar-refractivity contribution in [3.8, 4) is 5.69 Å². The smallest absolute Gasteiger partial charge is 0.153 e. The van der Waals surface area contributed by atoms with E-state index in [-0.39, 0.29) is 0 Å². The summed E-state index contributed by atoms with van der Waals surface area (Å²) in [5.74, 6) is 1.74. The largest absolute Gasteiger partial charge is 0.384 e. The van der Waals surface area contributed by atoms with Crippen LogP contribution < -0.4 is 0 Å². The summed E-state index contributed by atoms with van der Waals surface area (Å²) in [6, 6.07) is 5.99. The van der Waals surface area contributed by atoms with Crippen LogP contribution in [0.25, 0.3) is 5.69 Å². The van der Waals surface area contributed by atoms with Crippen LogP contribution in [0.5, 0.6) is 0 Å². The molecule has 0 unspecified atom stereocenters. The molecule has 0 radical (unpaired) electrons. The zero-order chi connectivity index (χ0) is 14.5. The second-order valence-corrected chi connectivity index (χ2v) is 5.39. The van der Waals surface area contributed by atoms with Gasteiger partial charge < -0.3 is 4.74 Å². The van der Waals surface area contributed by atoms with E-state index in [2.05, 4.69) is 31.9 Å². The van der Waals surface area contributed by atoms with Gasteiger partial charge in [-0.3, -0.25) is 4.98 Å². The number of nitrogens with zero attached hydrogens (tertiary/aromatic N) is 4. The minimum Gasteiger partial charge on any atom is -0.384 e. The number of aromatic nitrogens is 4. The van der Waals surface area contributed by atoms with E-state index in [1.165, 1.54) is 5.56 Å². The van der Waals surface area contributed by atoms with E-state index in [0.29, 0.717) is 13.0 Å². The maximum atomic E-state index is 5.11. The van der Waals surface area contributed by atoms with E-state index in [0.717, 1.165) is 23.8 Å². The molecule has 21 heavy (non-hydrogen) atoms. The van der Waals surface area contributed by atoms with Crippen molar-refractivity contribution in [2.75, 3.05) is 13.7 Å². The van der Waals surface area contributed by atoms with Crippen LogP contribution in [0.3, 0.4) is 0 Å². The molecule has 0 atom stereocenters. The zero-order valence-electron chi connectivity index (χ0n) is 11.8. The number of hydrogen-bond acceptors (Lipinski definition) is 5. The van der Waals surface area contributed by atoms with Gasteiger partial charge in [0.2, 0.25) is 0 Å². The molecule has 0 aromatic carbocycles. The maximum absolute atomic E-state index is 5.11. The molecule has 5 nitrogen and oxygen atoms in total. The van der Waals surface area contributed by atoms with Gasteiger partial charge in [-0.1, -0.05) is 0 Å². The molecule has 0 bridgehead atoms. The van der Waals surface area contributed by atoms with Gasteiger partial charge in [0.15, 0.2) is 5.82 Å². The highest BCUT2D eigenvalue weighted by Crippen LogP contribution is 2.15. The Morgan fingerprint density at radius 1 is 1.24 bits per heavy atom. The lowest BCUT2D eigenvalue weighted by Crippen LogP contribution is -2.03. The summed E-state index contributed by atoms with van der Waals surface area (Å²) in [5, 5.41) is 8.82. The Hall–Kier alpha value is -2.05. The summed E-state index contributed by atoms with van der Waals surface area (Å²) >= 11 is 1.69. The average Bonchev–Trinajstić information content (AvgIpc) is 3.16. The molecule has 0 aliphatic rings. The highest BCUT2D eigenvalue weighted by atomic mass is 32.1. The molecule has 0 amide bonds. The predicted octanol–water partition coefficient (Wildman–Crippen LogP) is 2.50. The number of thiophene rings is 1. The quantitative estimate of drug-likeness (QED) is 0.702. The topological polar surface area (TPSA) is 52.8 Å². The Labute approximate surface area is 127 Å². The molecular formula is C15H16N4OS. The first-order chi connectivity index (χ1) is 10.4. The SMILES string of the molecule is COCCc1nc(Cc2ccsc2)n(-c2ccncc2)n1. The van der Waals surface area contributed by atoms with Crippen LogP contribution in [0.4, 0.5) is 0 Å². The van der Waals surface area contributed by atoms with Gasteiger partial charge in [-0.25, -0.2) is 9.67 Å². The molecule has 3 aromatic heterocycles. The standard InChI is InChI=1S/C15H16N4OS/c1-20-8-4-14-17-15(10-12-5-9-21-11-12)19(18-14)13-2-6-16-7-3-13/h2-3,5-7,9,11H,4,8,10H2,1H3. The molecule has 3 aromatic rings. The third kappa shape index (κ3) is 3.34. The Balaban J connectivity index is 1.93. The third-order valence-corrected chi connectivity index (χ3v) is 3.83. The van der Waals surface area contributed by atoms with Crippen LogP contribution in [0.1, 0.15) is 17.2 Å². The molecule has 0 aliphatic carbocycles. The number of rotatable bonds is 6. The summed E-state index contributed by atoms with van der Waals surface area (Å²) in [4.78, 5) is 8.71. The van der Waals surface area contributed by atoms with Crippen LogP contribution >= 0.6 is 11.3 Å². The molecule has 0 N–H and O–H groups in total. The lowest BCUT2D eigenvalue weighted by molar-refractivity contribution is 0.200. The molecule has 0 saturated heterocycles. The molecule has 0 aliphatic heterocycles. The molecule has 0 fully saturated rings. The van der Waals surface area contributed by atoms with Gasteiger partial charge in [-0.05, 0) is 34.5 Å². The fourth-order valence-electron chi connectivity index (χ4n) is 2.07. The predicted molar refractivity (Wildman–Crippen MR) is 81.9 cm³/mol. The Morgan fingerprint density at radius 2 is 2.10 bits per heavy atom. The second kappa shape index (κ2) is 6.60. The first-order valence-corrected chi connectivity index (χ1v) is 7.66. The van der Waals surface area contributed by atoms with Crippen molar-refractivity contribution in [2.45, 2.75) is 12.8 Å². The van der Waals surface area contributed by atoms with Crippen LogP contribution in [-0.4, -0.2) is 33.5 Å². The molecule has 0 spiro atoms. The highest BCUT2D eigenvalue weighted by molar-refractivity contribution is 7.07. The molecule has 3 heterocycles. The van der Waals surface area contributed by atoms with Gasteiger partial charge in [-0.2, -0.15) is 16.4 Å². The zero-order valence-corrected chi connectivity index (χ0v) is 12.6. The summed E-state index contributed by atoms with van der Waals surface area (Å²) in [6.07, 6.45) is 5.01. The number of methoxy groups -OCH3 is 1. The molecule has 108 valence electrons. The van der Waals surface area contributed by atoms with Gasteiger partial charge in [0.1, 0.15) is 5.82 Å². The number of hydrogen-bond donors (Lipinski definition) is 0. The normalized spacial score (nSPS) is 10.9. The van der Waals surface area contributed by atoms with Crippen molar-refractivity contribution in [3.05, 3.63) is 58.6 Å². The Bertz CT molecular complexity index is 679. The van der Waals surface area contributed by atoms with Crippen LogP contribution in [-0.2, 0) is 17.6 Å². The van der Waals surface area contributed by atoms with Crippen molar-refractivity contribution in [2.24, 2.45) is 0 Å². The van der Waals surface area contributed by atoms with Crippen molar-refractivity contribution < 1.29 is 4.74 Å². The summed E-state index contributed by atoms with van der Waals surface area (Å²) in [5.41, 5.74) is 2.23. The second-order valence-electron chi connectivity index (χ2n) is 4.61. The van der Waals surface area contributed by atoms with E-state index in [4.69, 9.17) is 4.74 Å². The van der Waals surface area contributed by atoms with E-state index in [1.54, 1.807) is 30.8 Å². The maximum Gasteiger partial charge on any atom is 0.153 e. The van der Waals surface area contributed by atoms with Gasteiger partial charge in [0.25, 0.3) is 0 Å².